The van der Waals surface area contributed by atoms with Gasteiger partial charge >= 0.3 is 0 Å². The molecule has 0 saturated heterocycles. The molecule has 0 amide bonds. The molecule has 94 valence electrons. The molecule has 1 aromatic heterocycles. The van der Waals surface area contributed by atoms with Gasteiger partial charge in [-0.2, -0.15) is 0 Å². The van der Waals surface area contributed by atoms with Crippen LogP contribution in [0.1, 0.15) is 23.4 Å². The Balaban J connectivity index is 1.99. The summed E-state index contributed by atoms with van der Waals surface area (Å²) in [5.74, 6) is 0.859. The van der Waals surface area contributed by atoms with Gasteiger partial charge in [0.05, 0.1) is 0 Å². The molecule has 3 nitrogen and oxygen atoms in total. The van der Waals surface area contributed by atoms with Crippen LogP contribution in [0.15, 0.2) is 18.2 Å². The second-order valence-corrected chi connectivity index (χ2v) is 5.10. The number of benzene rings is 1. The average molecular weight is 262 g/mol. The van der Waals surface area contributed by atoms with E-state index in [1.165, 1.54) is 30.4 Å². The van der Waals surface area contributed by atoms with Gasteiger partial charge in [0.15, 0.2) is 0 Å². The van der Waals surface area contributed by atoms with Gasteiger partial charge in [-0.25, -0.2) is 4.98 Å². The van der Waals surface area contributed by atoms with Gasteiger partial charge in [-0.1, -0.05) is 23.7 Å². The third kappa shape index (κ3) is 2.04. The van der Waals surface area contributed by atoms with E-state index in [-0.39, 0.29) is 0 Å². The second kappa shape index (κ2) is 4.75. The van der Waals surface area contributed by atoms with Crippen molar-refractivity contribution in [2.24, 2.45) is 5.73 Å². The van der Waals surface area contributed by atoms with Crippen molar-refractivity contribution in [1.29, 1.82) is 0 Å². The topological polar surface area (TPSA) is 54.7 Å². The van der Waals surface area contributed by atoms with Crippen molar-refractivity contribution in [1.82, 2.24) is 9.97 Å². The summed E-state index contributed by atoms with van der Waals surface area (Å²) < 4.78 is 0. The molecule has 0 fully saturated rings. The van der Waals surface area contributed by atoms with E-state index in [0.717, 1.165) is 23.5 Å². The van der Waals surface area contributed by atoms with Crippen molar-refractivity contribution < 1.29 is 0 Å². The number of fused-ring (bicyclic) bond motifs is 1. The number of nitrogens with one attached hydrogen (secondary N) is 1. The van der Waals surface area contributed by atoms with Gasteiger partial charge in [-0.15, -0.1) is 0 Å². The first-order chi connectivity index (χ1) is 8.78. The number of aryl methyl sites for hydroxylation is 2. The first-order valence-corrected chi connectivity index (χ1v) is 6.72. The molecule has 3 rings (SSSR count). The van der Waals surface area contributed by atoms with E-state index in [2.05, 4.69) is 28.2 Å². The number of nitrogens with zero attached hydrogens (tertiary/aromatic N) is 1. The Morgan fingerprint density at radius 1 is 1.28 bits per heavy atom. The number of rotatable bonds is 3. The Bertz CT molecular complexity index is 574. The van der Waals surface area contributed by atoms with Crippen LogP contribution in [-0.2, 0) is 19.3 Å². The number of aromatic amines is 1. The van der Waals surface area contributed by atoms with Gasteiger partial charge in [0.1, 0.15) is 16.7 Å². The van der Waals surface area contributed by atoms with Crippen molar-refractivity contribution in [2.75, 3.05) is 6.54 Å². The van der Waals surface area contributed by atoms with Crippen LogP contribution in [0.3, 0.4) is 0 Å². The molecule has 0 spiro atoms. The Labute approximate surface area is 111 Å². The normalized spacial score (nSPS) is 13.9. The van der Waals surface area contributed by atoms with Crippen LogP contribution in [0.4, 0.5) is 0 Å². The number of hydrogen-bond donors (Lipinski definition) is 2. The molecule has 0 radical (unpaired) electrons. The van der Waals surface area contributed by atoms with Gasteiger partial charge in [0, 0.05) is 12.0 Å². The van der Waals surface area contributed by atoms with E-state index in [4.69, 9.17) is 17.3 Å². The zero-order valence-corrected chi connectivity index (χ0v) is 10.9. The maximum absolute atomic E-state index is 6.21. The van der Waals surface area contributed by atoms with E-state index in [9.17, 15) is 0 Å². The minimum Gasteiger partial charge on any atom is -0.332 e. The minimum atomic E-state index is 0.577. The lowest BCUT2D eigenvalue weighted by atomic mass is 10.0. The molecular formula is C14H16ClN3. The lowest BCUT2D eigenvalue weighted by Gasteiger charge is -2.02. The Morgan fingerprint density at radius 3 is 2.94 bits per heavy atom. The predicted octanol–water partition coefficient (Wildman–Crippen LogP) is 2.72. The first-order valence-electron chi connectivity index (χ1n) is 6.34. The SMILES string of the molecule is NCCc1nc(-c2ccc3c(c2)CCC3)c(Cl)[nH]1. The summed E-state index contributed by atoms with van der Waals surface area (Å²) in [4.78, 5) is 7.61. The van der Waals surface area contributed by atoms with Gasteiger partial charge < -0.3 is 10.7 Å². The van der Waals surface area contributed by atoms with Crippen molar-refractivity contribution in [3.63, 3.8) is 0 Å². The Kier molecular flexibility index (Phi) is 3.10. The van der Waals surface area contributed by atoms with Gasteiger partial charge in [-0.3, -0.25) is 0 Å². The van der Waals surface area contributed by atoms with Crippen molar-refractivity contribution in [2.45, 2.75) is 25.7 Å². The van der Waals surface area contributed by atoms with Crippen LogP contribution >= 0.6 is 11.6 Å². The average Bonchev–Trinajstić information content (AvgIpc) is 2.95. The van der Waals surface area contributed by atoms with Crippen LogP contribution < -0.4 is 5.73 Å². The predicted molar refractivity (Wildman–Crippen MR) is 73.8 cm³/mol. The number of H-pyrrole nitrogens is 1. The number of hydrogen-bond acceptors (Lipinski definition) is 2. The fraction of sp³-hybridized carbons (Fsp3) is 0.357. The first kappa shape index (κ1) is 11.8. The van der Waals surface area contributed by atoms with E-state index >= 15 is 0 Å². The standard InChI is InChI=1S/C14H16ClN3/c15-14-13(17-12(18-14)6-7-16)11-5-4-9-2-1-3-10(9)8-11/h4-5,8H,1-3,6-7,16H2,(H,17,18). The molecule has 1 aromatic carbocycles. The molecule has 0 unspecified atom stereocenters. The number of nitrogens with two attached hydrogens (primary N) is 1. The summed E-state index contributed by atoms with van der Waals surface area (Å²) >= 11 is 6.21. The largest absolute Gasteiger partial charge is 0.332 e. The molecule has 2 aromatic rings. The van der Waals surface area contributed by atoms with E-state index in [0.29, 0.717) is 11.7 Å². The molecule has 4 heteroatoms. The summed E-state index contributed by atoms with van der Waals surface area (Å²) in [7, 11) is 0. The summed E-state index contributed by atoms with van der Waals surface area (Å²) in [5, 5.41) is 0.608. The smallest absolute Gasteiger partial charge is 0.134 e. The summed E-state index contributed by atoms with van der Waals surface area (Å²) in [6, 6.07) is 6.53. The fourth-order valence-corrected chi connectivity index (χ4v) is 2.82. The molecule has 1 heterocycles. The quantitative estimate of drug-likeness (QED) is 0.893. The van der Waals surface area contributed by atoms with E-state index in [1.54, 1.807) is 0 Å². The van der Waals surface area contributed by atoms with Gasteiger partial charge in [0.25, 0.3) is 0 Å². The molecular weight excluding hydrogens is 246 g/mol. The monoisotopic (exact) mass is 261 g/mol. The van der Waals surface area contributed by atoms with E-state index in [1.807, 2.05) is 0 Å². The summed E-state index contributed by atoms with van der Waals surface area (Å²) in [6.45, 7) is 0.577. The number of imidazole rings is 1. The van der Waals surface area contributed by atoms with Gasteiger partial charge in [-0.05, 0) is 43.0 Å². The van der Waals surface area contributed by atoms with Gasteiger partial charge in [0.2, 0.25) is 0 Å². The molecule has 1 aliphatic rings. The van der Waals surface area contributed by atoms with Crippen LogP contribution in [0.5, 0.6) is 0 Å². The molecule has 0 saturated carbocycles. The van der Waals surface area contributed by atoms with Crippen LogP contribution in [-0.4, -0.2) is 16.5 Å². The lowest BCUT2D eigenvalue weighted by Crippen LogP contribution is -2.03. The highest BCUT2D eigenvalue weighted by atomic mass is 35.5. The number of halogens is 1. The third-order valence-electron chi connectivity index (χ3n) is 3.46. The van der Waals surface area contributed by atoms with Crippen molar-refractivity contribution in [3.8, 4) is 11.3 Å². The van der Waals surface area contributed by atoms with Crippen LogP contribution in [0.25, 0.3) is 11.3 Å². The summed E-state index contributed by atoms with van der Waals surface area (Å²) in [5.41, 5.74) is 10.4. The zero-order chi connectivity index (χ0) is 12.5. The Morgan fingerprint density at radius 2 is 2.11 bits per heavy atom. The lowest BCUT2D eigenvalue weighted by molar-refractivity contribution is 0.895. The molecule has 18 heavy (non-hydrogen) atoms. The Hall–Kier alpha value is -1.32. The molecule has 0 aliphatic heterocycles. The number of aromatic nitrogens is 2. The molecule has 3 N–H and O–H groups in total. The zero-order valence-electron chi connectivity index (χ0n) is 10.2. The second-order valence-electron chi connectivity index (χ2n) is 4.72. The van der Waals surface area contributed by atoms with Crippen molar-refractivity contribution in [3.05, 3.63) is 40.3 Å². The summed E-state index contributed by atoms with van der Waals surface area (Å²) in [6.07, 6.45) is 4.35. The highest BCUT2D eigenvalue weighted by Crippen LogP contribution is 2.30. The fourth-order valence-electron chi connectivity index (χ4n) is 2.56. The highest BCUT2D eigenvalue weighted by Gasteiger charge is 2.15. The van der Waals surface area contributed by atoms with Crippen molar-refractivity contribution >= 4 is 11.6 Å². The highest BCUT2D eigenvalue weighted by molar-refractivity contribution is 6.31. The maximum Gasteiger partial charge on any atom is 0.134 e. The van der Waals surface area contributed by atoms with E-state index < -0.39 is 0 Å². The molecule has 0 bridgehead atoms. The third-order valence-corrected chi connectivity index (χ3v) is 3.74. The maximum atomic E-state index is 6.21. The van der Waals surface area contributed by atoms with Crippen LogP contribution in [0, 0.1) is 0 Å². The molecule has 0 atom stereocenters. The minimum absolute atomic E-state index is 0.577. The van der Waals surface area contributed by atoms with Crippen LogP contribution in [0.2, 0.25) is 5.15 Å². The molecule has 1 aliphatic carbocycles.